The summed E-state index contributed by atoms with van der Waals surface area (Å²) in [5, 5.41) is 23.0. The van der Waals surface area contributed by atoms with Gasteiger partial charge in [-0.15, -0.1) is 0 Å². The zero-order chi connectivity index (χ0) is 21.8. The molecule has 0 radical (unpaired) electrons. The second-order valence-electron chi connectivity index (χ2n) is 6.67. The number of phenols is 2. The predicted molar refractivity (Wildman–Crippen MR) is 102 cm³/mol. The van der Waals surface area contributed by atoms with E-state index in [9.17, 15) is 33.0 Å². The monoisotopic (exact) mass is 414 g/mol. The molecule has 0 saturated heterocycles. The van der Waals surface area contributed by atoms with E-state index < -0.39 is 34.8 Å². The normalized spacial score (nSPS) is 13.0. The van der Waals surface area contributed by atoms with Crippen molar-refractivity contribution in [2.75, 3.05) is 11.1 Å². The van der Waals surface area contributed by atoms with Crippen LogP contribution in [0.3, 0.4) is 0 Å². The van der Waals surface area contributed by atoms with Gasteiger partial charge in [-0.05, 0) is 42.5 Å². The van der Waals surface area contributed by atoms with E-state index >= 15 is 0 Å². The number of hydrogen-bond acceptors (Lipinski definition) is 6. The van der Waals surface area contributed by atoms with Gasteiger partial charge in [0.05, 0.1) is 33.5 Å². The molecule has 0 aliphatic heterocycles. The fraction of sp³-hybridized carbons (Fsp3) is 0.0476. The SMILES string of the molecule is Nc1ccc(O)c2c1C(=O)c1c(Nc3cccc(C(F)(F)F)c3)ccc(O)c1C2=O. The number of nitrogens with one attached hydrogen (secondary N) is 1. The van der Waals surface area contributed by atoms with Gasteiger partial charge in [0, 0.05) is 11.4 Å². The minimum absolute atomic E-state index is 0.00821. The Labute approximate surface area is 167 Å². The molecule has 3 aromatic carbocycles. The number of nitrogen functional groups attached to an aromatic ring is 1. The molecule has 0 spiro atoms. The zero-order valence-electron chi connectivity index (χ0n) is 15.0. The number of aromatic hydroxyl groups is 2. The maximum Gasteiger partial charge on any atom is 0.416 e. The average Bonchev–Trinajstić information content (AvgIpc) is 2.68. The molecule has 1 aliphatic rings. The van der Waals surface area contributed by atoms with Gasteiger partial charge < -0.3 is 21.3 Å². The third kappa shape index (κ3) is 2.91. The van der Waals surface area contributed by atoms with Gasteiger partial charge in [0.25, 0.3) is 0 Å². The third-order valence-electron chi connectivity index (χ3n) is 4.78. The number of anilines is 3. The van der Waals surface area contributed by atoms with Crippen molar-refractivity contribution in [3.63, 3.8) is 0 Å². The topological polar surface area (TPSA) is 113 Å². The molecule has 0 amide bonds. The second-order valence-corrected chi connectivity index (χ2v) is 6.67. The van der Waals surface area contributed by atoms with Gasteiger partial charge in [-0.3, -0.25) is 9.59 Å². The van der Waals surface area contributed by atoms with E-state index in [0.717, 1.165) is 24.3 Å². The Balaban J connectivity index is 1.88. The van der Waals surface area contributed by atoms with Crippen LogP contribution in [0.4, 0.5) is 30.2 Å². The minimum atomic E-state index is -4.57. The number of carbonyl (C=O) groups excluding carboxylic acids is 2. The molecule has 9 heteroatoms. The first-order valence-electron chi connectivity index (χ1n) is 8.60. The predicted octanol–water partition coefficient (Wildman–Crippen LogP) is 4.22. The van der Waals surface area contributed by atoms with Gasteiger partial charge in [0.15, 0.2) is 5.78 Å². The first-order chi connectivity index (χ1) is 14.1. The minimum Gasteiger partial charge on any atom is -0.507 e. The number of phenolic OH excluding ortho intramolecular Hbond substituents is 2. The number of alkyl halides is 3. The zero-order valence-corrected chi connectivity index (χ0v) is 15.0. The van der Waals surface area contributed by atoms with Crippen LogP contribution in [0, 0.1) is 0 Å². The number of carbonyl (C=O) groups is 2. The molecular formula is C21H13F3N2O4. The van der Waals surface area contributed by atoms with Crippen LogP contribution in [0.15, 0.2) is 48.5 Å². The summed E-state index contributed by atoms with van der Waals surface area (Å²) in [5.41, 5.74) is 3.73. The maximum atomic E-state index is 13.1. The Morgan fingerprint density at radius 1 is 0.800 bits per heavy atom. The molecule has 0 saturated carbocycles. The van der Waals surface area contributed by atoms with Crippen LogP contribution in [0.5, 0.6) is 11.5 Å². The van der Waals surface area contributed by atoms with E-state index in [1.807, 2.05) is 0 Å². The summed E-state index contributed by atoms with van der Waals surface area (Å²) in [4.78, 5) is 26.1. The lowest BCUT2D eigenvalue weighted by Gasteiger charge is -2.23. The molecule has 0 atom stereocenters. The van der Waals surface area contributed by atoms with Crippen molar-refractivity contribution in [1.82, 2.24) is 0 Å². The van der Waals surface area contributed by atoms with Crippen LogP contribution in [0.1, 0.15) is 37.4 Å². The number of benzene rings is 3. The van der Waals surface area contributed by atoms with Crippen molar-refractivity contribution in [3.05, 3.63) is 76.3 Å². The molecular weight excluding hydrogens is 401 g/mol. The average molecular weight is 414 g/mol. The lowest BCUT2D eigenvalue weighted by molar-refractivity contribution is -0.137. The summed E-state index contributed by atoms with van der Waals surface area (Å²) in [5.74, 6) is -2.56. The van der Waals surface area contributed by atoms with Gasteiger partial charge in [0.1, 0.15) is 11.5 Å². The number of hydrogen-bond donors (Lipinski definition) is 4. The van der Waals surface area contributed by atoms with E-state index in [4.69, 9.17) is 5.73 Å². The van der Waals surface area contributed by atoms with Gasteiger partial charge in [-0.1, -0.05) is 6.07 Å². The molecule has 1 aliphatic carbocycles. The van der Waals surface area contributed by atoms with Crippen molar-refractivity contribution < 1.29 is 33.0 Å². The molecule has 4 rings (SSSR count). The van der Waals surface area contributed by atoms with Crippen molar-refractivity contribution in [3.8, 4) is 11.5 Å². The molecule has 0 heterocycles. The van der Waals surface area contributed by atoms with Crippen molar-refractivity contribution >= 4 is 28.6 Å². The number of halogens is 3. The first-order valence-corrected chi connectivity index (χ1v) is 8.60. The Bertz CT molecular complexity index is 1240. The van der Waals surface area contributed by atoms with Gasteiger partial charge in [-0.25, -0.2) is 0 Å². The summed E-state index contributed by atoms with van der Waals surface area (Å²) in [6, 6.07) is 9.11. The molecule has 3 aromatic rings. The van der Waals surface area contributed by atoms with Gasteiger partial charge in [-0.2, -0.15) is 13.2 Å². The quantitative estimate of drug-likeness (QED) is 0.289. The summed E-state index contributed by atoms with van der Waals surface area (Å²) < 4.78 is 39.0. The molecule has 0 bridgehead atoms. The Morgan fingerprint density at radius 2 is 1.40 bits per heavy atom. The molecule has 30 heavy (non-hydrogen) atoms. The van der Waals surface area contributed by atoms with Crippen molar-refractivity contribution in [2.45, 2.75) is 6.18 Å². The highest BCUT2D eigenvalue weighted by molar-refractivity contribution is 6.33. The van der Waals surface area contributed by atoms with Crippen molar-refractivity contribution in [2.24, 2.45) is 0 Å². The Morgan fingerprint density at radius 3 is 2.07 bits per heavy atom. The van der Waals surface area contributed by atoms with Crippen LogP contribution in [0.2, 0.25) is 0 Å². The van der Waals surface area contributed by atoms with E-state index in [0.29, 0.717) is 0 Å². The fourth-order valence-electron chi connectivity index (χ4n) is 3.42. The molecule has 152 valence electrons. The highest BCUT2D eigenvalue weighted by Crippen LogP contribution is 2.42. The first kappa shape index (κ1) is 19.3. The fourth-order valence-corrected chi connectivity index (χ4v) is 3.42. The smallest absolute Gasteiger partial charge is 0.416 e. The summed E-state index contributed by atoms with van der Waals surface area (Å²) in [6.07, 6.45) is -4.57. The highest BCUT2D eigenvalue weighted by atomic mass is 19.4. The van der Waals surface area contributed by atoms with E-state index in [1.54, 1.807) is 0 Å². The second kappa shape index (κ2) is 6.51. The van der Waals surface area contributed by atoms with E-state index in [1.165, 1.54) is 24.3 Å². The van der Waals surface area contributed by atoms with Crippen LogP contribution < -0.4 is 11.1 Å². The molecule has 0 fully saturated rings. The van der Waals surface area contributed by atoms with Crippen LogP contribution in [0.25, 0.3) is 0 Å². The van der Waals surface area contributed by atoms with E-state index in [2.05, 4.69) is 5.32 Å². The standard InChI is InChI=1S/C21H13F3N2O4/c22-21(23,24)9-2-1-3-10(8-9)26-12-5-7-14(28)18-16(12)19(29)15-11(25)4-6-13(27)17(15)20(18)30/h1-8,26-28H,25H2. The number of fused-ring (bicyclic) bond motifs is 2. The summed E-state index contributed by atoms with van der Waals surface area (Å²) in [7, 11) is 0. The molecule has 5 N–H and O–H groups in total. The van der Waals surface area contributed by atoms with Gasteiger partial charge in [0.2, 0.25) is 5.78 Å². The van der Waals surface area contributed by atoms with Crippen LogP contribution >= 0.6 is 0 Å². The highest BCUT2D eigenvalue weighted by Gasteiger charge is 2.37. The Hall–Kier alpha value is -4.01. The van der Waals surface area contributed by atoms with Crippen LogP contribution in [-0.2, 0) is 6.18 Å². The lowest BCUT2D eigenvalue weighted by atomic mass is 9.81. The largest absolute Gasteiger partial charge is 0.507 e. The lowest BCUT2D eigenvalue weighted by Crippen LogP contribution is -2.24. The molecule has 0 unspecified atom stereocenters. The number of ketones is 2. The summed E-state index contributed by atoms with van der Waals surface area (Å²) in [6.45, 7) is 0. The summed E-state index contributed by atoms with van der Waals surface area (Å²) >= 11 is 0. The third-order valence-corrected chi connectivity index (χ3v) is 4.78. The van der Waals surface area contributed by atoms with Gasteiger partial charge >= 0.3 is 6.18 Å². The maximum absolute atomic E-state index is 13.1. The molecule has 6 nitrogen and oxygen atoms in total. The van der Waals surface area contributed by atoms with Crippen molar-refractivity contribution in [1.29, 1.82) is 0 Å². The number of rotatable bonds is 2. The number of nitrogens with two attached hydrogens (primary N) is 1. The molecule has 0 aromatic heterocycles. The Kier molecular flexibility index (Phi) is 4.19. The van der Waals surface area contributed by atoms with E-state index in [-0.39, 0.29) is 39.3 Å². The van der Waals surface area contributed by atoms with Crippen LogP contribution in [-0.4, -0.2) is 21.8 Å².